The number of nitrogens with zero attached hydrogens (tertiary/aromatic N) is 3. The van der Waals surface area contributed by atoms with Crippen molar-refractivity contribution in [1.29, 1.82) is 5.26 Å². The van der Waals surface area contributed by atoms with Gasteiger partial charge in [0.1, 0.15) is 6.04 Å². The van der Waals surface area contributed by atoms with Crippen LogP contribution < -0.4 is 15.5 Å². The van der Waals surface area contributed by atoms with Gasteiger partial charge in [0.15, 0.2) is 5.78 Å². The van der Waals surface area contributed by atoms with Gasteiger partial charge in [-0.2, -0.15) is 5.26 Å². The molecule has 3 N–H and O–H groups in total. The van der Waals surface area contributed by atoms with E-state index in [1.54, 1.807) is 28.8 Å². The Morgan fingerprint density at radius 2 is 1.77 bits per heavy atom. The molecule has 1 unspecified atom stereocenters. The maximum absolute atomic E-state index is 14.1. The number of hydrogen-bond acceptors (Lipinski definition) is 10. The first-order chi connectivity index (χ1) is 29.5. The van der Waals surface area contributed by atoms with Crippen LogP contribution in [0.25, 0.3) is 10.9 Å². The number of ether oxygens (including phenoxy) is 2. The number of nitriles is 1. The fraction of sp³-hybridized carbons (Fsp3) is 0.447. The minimum atomic E-state index is -0.629. The van der Waals surface area contributed by atoms with Crippen LogP contribution in [0.4, 0.5) is 5.69 Å². The summed E-state index contributed by atoms with van der Waals surface area (Å²) in [5.74, 6) is -0.0864. The number of anilines is 1. The number of carbonyl (C=O) groups is 5. The zero-order valence-electron chi connectivity index (χ0n) is 35.0. The topological polar surface area (TPSA) is 174 Å². The Kier molecular flexibility index (Phi) is 12.4. The summed E-state index contributed by atoms with van der Waals surface area (Å²) in [6.07, 6.45) is 4.09. The molecule has 3 aromatic carbocycles. The highest BCUT2D eigenvalue weighted by Crippen LogP contribution is 2.46. The first kappa shape index (κ1) is 42.2. The molecular formula is C47H52N6O7S. The van der Waals surface area contributed by atoms with Crippen molar-refractivity contribution in [2.24, 2.45) is 0 Å². The monoisotopic (exact) mass is 844 g/mol. The molecule has 4 amide bonds. The molecule has 1 aliphatic carbocycles. The zero-order valence-corrected chi connectivity index (χ0v) is 35.8. The molecule has 4 aliphatic rings. The van der Waals surface area contributed by atoms with E-state index < -0.39 is 17.4 Å². The molecule has 2 fully saturated rings. The molecule has 14 heteroatoms. The third-order valence-corrected chi connectivity index (χ3v) is 13.8. The highest BCUT2D eigenvalue weighted by Gasteiger charge is 2.42. The predicted molar refractivity (Wildman–Crippen MR) is 232 cm³/mol. The Morgan fingerprint density at radius 1 is 0.984 bits per heavy atom. The Bertz CT molecular complexity index is 2450. The molecule has 61 heavy (non-hydrogen) atoms. The molecule has 0 spiro atoms. The van der Waals surface area contributed by atoms with Crippen molar-refractivity contribution in [3.8, 4) is 6.07 Å². The molecule has 1 atom stereocenters. The molecule has 318 valence electrons. The van der Waals surface area contributed by atoms with Crippen molar-refractivity contribution in [3.05, 3.63) is 93.2 Å². The van der Waals surface area contributed by atoms with E-state index in [2.05, 4.69) is 59.5 Å². The lowest BCUT2D eigenvalue weighted by Crippen LogP contribution is -2.52. The summed E-state index contributed by atoms with van der Waals surface area (Å²) in [4.78, 5) is 72.4. The van der Waals surface area contributed by atoms with Crippen LogP contribution in [0.15, 0.2) is 53.4 Å². The Balaban J connectivity index is 0.735. The molecular weight excluding hydrogens is 793 g/mol. The highest BCUT2D eigenvalue weighted by molar-refractivity contribution is 7.99. The van der Waals surface area contributed by atoms with Gasteiger partial charge in [-0.05, 0) is 85.2 Å². The van der Waals surface area contributed by atoms with Gasteiger partial charge in [0, 0.05) is 94.6 Å². The summed E-state index contributed by atoms with van der Waals surface area (Å²) in [6.45, 7) is 10.1. The summed E-state index contributed by atoms with van der Waals surface area (Å²) in [5, 5.41) is 15.8. The number of aryl methyl sites for hydroxylation is 1. The average Bonchev–Trinajstić information content (AvgIpc) is 3.82. The third-order valence-electron chi connectivity index (χ3n) is 12.6. The van der Waals surface area contributed by atoms with Gasteiger partial charge in [0.05, 0.1) is 37.0 Å². The lowest BCUT2D eigenvalue weighted by molar-refractivity contribution is -0.137. The minimum absolute atomic E-state index is 0.0156. The first-order valence-electron chi connectivity index (χ1n) is 21.4. The van der Waals surface area contributed by atoms with Crippen molar-refractivity contribution in [2.45, 2.75) is 94.7 Å². The smallest absolute Gasteiger partial charge is 0.255 e. The van der Waals surface area contributed by atoms with Gasteiger partial charge in [-0.1, -0.05) is 32.9 Å². The first-order valence-corrected chi connectivity index (χ1v) is 22.3. The number of aromatic nitrogens is 1. The maximum Gasteiger partial charge on any atom is 0.255 e. The van der Waals surface area contributed by atoms with Crippen LogP contribution in [0, 0.1) is 11.3 Å². The summed E-state index contributed by atoms with van der Waals surface area (Å²) >= 11 is 1.66. The summed E-state index contributed by atoms with van der Waals surface area (Å²) in [6, 6.07) is 17.1. The van der Waals surface area contributed by atoms with Gasteiger partial charge in [-0.25, -0.2) is 0 Å². The molecule has 8 rings (SSSR count). The van der Waals surface area contributed by atoms with E-state index in [-0.39, 0.29) is 42.4 Å². The second-order valence-electron chi connectivity index (χ2n) is 16.8. The van der Waals surface area contributed by atoms with Crippen molar-refractivity contribution < 1.29 is 33.4 Å². The van der Waals surface area contributed by atoms with E-state index in [9.17, 15) is 29.2 Å². The van der Waals surface area contributed by atoms with E-state index in [1.807, 2.05) is 24.3 Å². The molecule has 4 heterocycles. The number of carbonyl (C=O) groups excluding carboxylic acids is 5. The third kappa shape index (κ3) is 8.43. The molecule has 0 radical (unpaired) electrons. The number of benzene rings is 3. The Hall–Kier alpha value is -5.49. The van der Waals surface area contributed by atoms with Crippen molar-refractivity contribution in [1.82, 2.24) is 20.5 Å². The van der Waals surface area contributed by atoms with Gasteiger partial charge in [-0.15, -0.1) is 11.8 Å². The SMILES string of the molecule is CCc1cc2c(cc1N1CCC(NC(=O)CCOCCOCCCSc3cccc4c3CN(C3CCC(=O)NC3=O)C4=O)CC1)C(C)(C)c1[nH]c3cc(C#N)ccc3c1C2=O. The molecule has 3 aliphatic heterocycles. The fourth-order valence-electron chi connectivity index (χ4n) is 9.24. The van der Waals surface area contributed by atoms with E-state index in [4.69, 9.17) is 9.47 Å². The largest absolute Gasteiger partial charge is 0.379 e. The molecule has 0 bridgehead atoms. The number of hydrogen-bond donors (Lipinski definition) is 3. The number of fused-ring (bicyclic) bond motifs is 5. The fourth-order valence-corrected chi connectivity index (χ4v) is 10.2. The summed E-state index contributed by atoms with van der Waals surface area (Å²) < 4.78 is 11.5. The van der Waals surface area contributed by atoms with E-state index in [0.29, 0.717) is 56.1 Å². The molecule has 1 aromatic heterocycles. The van der Waals surface area contributed by atoms with Crippen LogP contribution in [0.5, 0.6) is 0 Å². The van der Waals surface area contributed by atoms with Gasteiger partial charge in [0.25, 0.3) is 5.91 Å². The van der Waals surface area contributed by atoms with Gasteiger partial charge in [0.2, 0.25) is 17.7 Å². The van der Waals surface area contributed by atoms with Crippen molar-refractivity contribution in [3.63, 3.8) is 0 Å². The number of rotatable bonds is 15. The summed E-state index contributed by atoms with van der Waals surface area (Å²) in [5.41, 5.74) is 8.03. The second-order valence-corrected chi connectivity index (χ2v) is 17.9. The number of imide groups is 1. The predicted octanol–water partition coefficient (Wildman–Crippen LogP) is 5.92. The van der Waals surface area contributed by atoms with Crippen LogP contribution in [-0.2, 0) is 42.2 Å². The number of thioether (sulfide) groups is 1. The Labute approximate surface area is 359 Å². The number of ketones is 1. The van der Waals surface area contributed by atoms with E-state index >= 15 is 0 Å². The quantitative estimate of drug-likeness (QED) is 0.0741. The Morgan fingerprint density at radius 3 is 2.52 bits per heavy atom. The highest BCUT2D eigenvalue weighted by atomic mass is 32.2. The lowest BCUT2D eigenvalue weighted by Gasteiger charge is -2.38. The van der Waals surface area contributed by atoms with Crippen molar-refractivity contribution in [2.75, 3.05) is 50.2 Å². The normalized spacial score (nSPS) is 18.5. The number of nitrogens with one attached hydrogen (secondary N) is 3. The van der Waals surface area contributed by atoms with Crippen LogP contribution in [0.3, 0.4) is 0 Å². The lowest BCUT2D eigenvalue weighted by atomic mass is 9.70. The van der Waals surface area contributed by atoms with E-state index in [0.717, 1.165) is 94.0 Å². The van der Waals surface area contributed by atoms with Crippen LogP contribution in [0.2, 0.25) is 0 Å². The van der Waals surface area contributed by atoms with Gasteiger partial charge < -0.3 is 29.6 Å². The number of piperidine rings is 2. The van der Waals surface area contributed by atoms with Crippen LogP contribution in [-0.4, -0.2) is 96.6 Å². The average molecular weight is 845 g/mol. The van der Waals surface area contributed by atoms with Crippen LogP contribution in [0.1, 0.15) is 114 Å². The summed E-state index contributed by atoms with van der Waals surface area (Å²) in [7, 11) is 0. The number of H-pyrrole nitrogens is 1. The molecule has 4 aromatic rings. The van der Waals surface area contributed by atoms with Gasteiger partial charge in [-0.3, -0.25) is 29.3 Å². The van der Waals surface area contributed by atoms with Crippen LogP contribution >= 0.6 is 11.8 Å². The molecule has 2 saturated heterocycles. The molecule has 0 saturated carbocycles. The number of amides is 4. The van der Waals surface area contributed by atoms with Crippen molar-refractivity contribution >= 4 is 57.8 Å². The second kappa shape index (κ2) is 17.8. The van der Waals surface area contributed by atoms with Gasteiger partial charge >= 0.3 is 0 Å². The maximum atomic E-state index is 14.1. The standard InChI is InChI=1S/C47H52N6O7S/c1-4-29-24-33-35(47(2,3)44-42(43(33)56)32-10-9-28(26-48)23-36(32)50-44)25-38(29)52-16-13-30(14-17-52)49-41(55)15-19-60-21-20-59-18-6-22-61-39-8-5-7-31-34(39)27-53(46(31)58)37-11-12-40(54)51-45(37)57/h5,7-10,23-25,30,37,50H,4,6,11-22,27H2,1-3H3,(H,49,55)(H,51,54,57). The van der Waals surface area contributed by atoms with E-state index in [1.165, 1.54) is 0 Å². The molecule has 13 nitrogen and oxygen atoms in total. The minimum Gasteiger partial charge on any atom is -0.379 e. The number of aromatic amines is 1. The zero-order chi connectivity index (χ0) is 42.8.